The van der Waals surface area contributed by atoms with Crippen molar-refractivity contribution in [3.8, 4) is 11.4 Å². The second-order valence-corrected chi connectivity index (χ2v) is 6.55. The molecule has 1 aliphatic heterocycles. The highest BCUT2D eigenvalue weighted by Crippen LogP contribution is 2.30. The maximum atomic E-state index is 13.0. The van der Waals surface area contributed by atoms with Crippen molar-refractivity contribution in [2.24, 2.45) is 0 Å². The van der Waals surface area contributed by atoms with E-state index in [0.717, 1.165) is 0 Å². The standard InChI is InChI=1S/C18H20N4O6/c1-9-20-16-12(17(26)21(9)10-3-5-11(27-2)6-4-10)7-19-22(16)18-15(25)14(24)13(8-23)28-18/h3-7,13-15,18,23-25H,8H2,1-2H3/t13-,14+,15-,18-/m0/s1. The Morgan fingerprint density at radius 2 is 1.93 bits per heavy atom. The van der Waals surface area contributed by atoms with E-state index in [1.807, 2.05) is 0 Å². The minimum atomic E-state index is -1.31. The largest absolute Gasteiger partial charge is 0.497 e. The fraction of sp³-hybridized carbons (Fsp3) is 0.389. The van der Waals surface area contributed by atoms with Crippen LogP contribution in [0.2, 0.25) is 0 Å². The van der Waals surface area contributed by atoms with Crippen molar-refractivity contribution in [2.45, 2.75) is 31.5 Å². The number of hydrogen-bond donors (Lipinski definition) is 3. The molecule has 2 aromatic heterocycles. The summed E-state index contributed by atoms with van der Waals surface area (Å²) < 4.78 is 13.3. The predicted octanol–water partition coefficient (Wildman–Crippen LogP) is -0.489. The van der Waals surface area contributed by atoms with Crippen molar-refractivity contribution in [3.05, 3.63) is 46.6 Å². The van der Waals surface area contributed by atoms with E-state index >= 15 is 0 Å². The molecule has 0 spiro atoms. The van der Waals surface area contributed by atoms with E-state index in [1.54, 1.807) is 38.3 Å². The number of aromatic nitrogens is 4. The van der Waals surface area contributed by atoms with Crippen LogP contribution < -0.4 is 10.3 Å². The summed E-state index contributed by atoms with van der Waals surface area (Å²) in [5.41, 5.74) is 0.520. The summed E-state index contributed by atoms with van der Waals surface area (Å²) in [5, 5.41) is 33.9. The highest BCUT2D eigenvalue weighted by molar-refractivity contribution is 5.74. The van der Waals surface area contributed by atoms with Gasteiger partial charge in [0.15, 0.2) is 11.9 Å². The molecule has 0 unspecified atom stereocenters. The van der Waals surface area contributed by atoms with Crippen LogP contribution in [0, 0.1) is 6.92 Å². The Morgan fingerprint density at radius 3 is 2.54 bits per heavy atom. The van der Waals surface area contributed by atoms with Crippen molar-refractivity contribution in [1.29, 1.82) is 0 Å². The lowest BCUT2D eigenvalue weighted by Gasteiger charge is -2.16. The van der Waals surface area contributed by atoms with Gasteiger partial charge in [-0.15, -0.1) is 0 Å². The molecule has 4 rings (SSSR count). The third-order valence-electron chi connectivity index (χ3n) is 4.88. The van der Waals surface area contributed by atoms with Crippen molar-refractivity contribution >= 4 is 11.0 Å². The van der Waals surface area contributed by atoms with Crippen LogP contribution in [-0.2, 0) is 4.74 Å². The van der Waals surface area contributed by atoms with Crippen LogP contribution in [0.15, 0.2) is 35.3 Å². The van der Waals surface area contributed by atoms with Gasteiger partial charge in [-0.05, 0) is 31.2 Å². The van der Waals surface area contributed by atoms with Crippen LogP contribution >= 0.6 is 0 Å². The summed E-state index contributed by atoms with van der Waals surface area (Å²) in [6.07, 6.45) is -3.24. The van der Waals surface area contributed by atoms with Gasteiger partial charge in [-0.25, -0.2) is 9.67 Å². The molecule has 3 heterocycles. The average Bonchev–Trinajstić information content (AvgIpc) is 3.23. The molecule has 0 bridgehead atoms. The molecule has 0 aliphatic carbocycles. The molecule has 0 radical (unpaired) electrons. The zero-order valence-electron chi connectivity index (χ0n) is 15.3. The van der Waals surface area contributed by atoms with Gasteiger partial charge in [-0.3, -0.25) is 9.36 Å². The first-order valence-corrected chi connectivity index (χ1v) is 8.70. The molecule has 1 aliphatic rings. The molecule has 10 nitrogen and oxygen atoms in total. The molecule has 1 aromatic carbocycles. The molecule has 3 N–H and O–H groups in total. The van der Waals surface area contributed by atoms with Crippen LogP contribution in [0.1, 0.15) is 12.1 Å². The van der Waals surface area contributed by atoms with E-state index in [0.29, 0.717) is 17.3 Å². The van der Waals surface area contributed by atoms with Crippen molar-refractivity contribution in [1.82, 2.24) is 19.3 Å². The van der Waals surface area contributed by atoms with Crippen LogP contribution in [0.25, 0.3) is 16.7 Å². The molecular formula is C18H20N4O6. The van der Waals surface area contributed by atoms with Crippen LogP contribution in [0.5, 0.6) is 5.75 Å². The molecule has 3 aromatic rings. The number of aryl methyl sites for hydroxylation is 1. The Labute approximate surface area is 159 Å². The zero-order valence-corrected chi connectivity index (χ0v) is 15.3. The second kappa shape index (κ2) is 6.99. The maximum Gasteiger partial charge on any atom is 0.269 e. The first-order valence-electron chi connectivity index (χ1n) is 8.70. The first-order chi connectivity index (χ1) is 13.5. The van der Waals surface area contributed by atoms with Gasteiger partial charge in [0, 0.05) is 0 Å². The molecular weight excluding hydrogens is 368 g/mol. The van der Waals surface area contributed by atoms with Crippen LogP contribution in [0.3, 0.4) is 0 Å². The van der Waals surface area contributed by atoms with Gasteiger partial charge in [0.2, 0.25) is 0 Å². The quantitative estimate of drug-likeness (QED) is 0.546. The summed E-state index contributed by atoms with van der Waals surface area (Å²) >= 11 is 0. The monoisotopic (exact) mass is 388 g/mol. The Hall–Kier alpha value is -2.79. The highest BCUT2D eigenvalue weighted by Gasteiger charge is 2.44. The Balaban J connectivity index is 1.81. The SMILES string of the molecule is COc1ccc(-n2c(C)nc3c(cnn3[C@H]3O[C@@H](CO)[C@@H](O)[C@@H]3O)c2=O)cc1. The Kier molecular flexibility index (Phi) is 4.63. The number of aliphatic hydroxyl groups is 3. The summed E-state index contributed by atoms with van der Waals surface area (Å²) in [4.78, 5) is 17.5. The second-order valence-electron chi connectivity index (χ2n) is 6.55. The number of nitrogens with zero attached hydrogens (tertiary/aromatic N) is 4. The van der Waals surface area contributed by atoms with Crippen LogP contribution in [0.4, 0.5) is 0 Å². The van der Waals surface area contributed by atoms with Crippen molar-refractivity contribution < 1.29 is 24.8 Å². The third kappa shape index (κ3) is 2.78. The lowest BCUT2D eigenvalue weighted by atomic mass is 10.1. The Morgan fingerprint density at radius 1 is 1.21 bits per heavy atom. The molecule has 10 heteroatoms. The van der Waals surface area contributed by atoms with E-state index in [4.69, 9.17) is 9.47 Å². The summed E-state index contributed by atoms with van der Waals surface area (Å²) in [5.74, 6) is 1.08. The lowest BCUT2D eigenvalue weighted by molar-refractivity contribution is -0.0566. The molecule has 4 atom stereocenters. The van der Waals surface area contributed by atoms with Gasteiger partial charge >= 0.3 is 0 Å². The normalized spacial score (nSPS) is 24.8. The lowest BCUT2D eigenvalue weighted by Crippen LogP contribution is -2.33. The molecule has 148 valence electrons. The Bertz CT molecular complexity index is 1060. The van der Waals surface area contributed by atoms with Gasteiger partial charge in [0.1, 0.15) is 35.3 Å². The third-order valence-corrected chi connectivity index (χ3v) is 4.88. The minimum absolute atomic E-state index is 0.224. The van der Waals surface area contributed by atoms with E-state index < -0.39 is 31.1 Å². The zero-order chi connectivity index (χ0) is 20.0. The minimum Gasteiger partial charge on any atom is -0.497 e. The number of rotatable bonds is 4. The fourth-order valence-corrected chi connectivity index (χ4v) is 3.39. The number of methoxy groups -OCH3 is 1. The van der Waals surface area contributed by atoms with Gasteiger partial charge in [0.05, 0.1) is 25.6 Å². The first kappa shape index (κ1) is 18.6. The molecule has 1 saturated heterocycles. The number of ether oxygens (including phenoxy) is 2. The topological polar surface area (TPSA) is 132 Å². The molecule has 28 heavy (non-hydrogen) atoms. The van der Waals surface area contributed by atoms with Gasteiger partial charge in [-0.1, -0.05) is 0 Å². The predicted molar refractivity (Wildman–Crippen MR) is 97.4 cm³/mol. The van der Waals surface area contributed by atoms with Crippen LogP contribution in [-0.4, -0.2) is 66.7 Å². The van der Waals surface area contributed by atoms with Crippen molar-refractivity contribution in [2.75, 3.05) is 13.7 Å². The number of benzene rings is 1. The number of hydrogen-bond acceptors (Lipinski definition) is 8. The van der Waals surface area contributed by atoms with E-state index in [2.05, 4.69) is 10.1 Å². The van der Waals surface area contributed by atoms with E-state index in [1.165, 1.54) is 15.4 Å². The van der Waals surface area contributed by atoms with E-state index in [-0.39, 0.29) is 16.6 Å². The average molecular weight is 388 g/mol. The molecule has 1 fully saturated rings. The van der Waals surface area contributed by atoms with Gasteiger partial charge in [-0.2, -0.15) is 5.10 Å². The smallest absolute Gasteiger partial charge is 0.269 e. The van der Waals surface area contributed by atoms with E-state index in [9.17, 15) is 20.1 Å². The fourth-order valence-electron chi connectivity index (χ4n) is 3.39. The van der Waals surface area contributed by atoms with Crippen molar-refractivity contribution in [3.63, 3.8) is 0 Å². The highest BCUT2D eigenvalue weighted by atomic mass is 16.6. The number of aliphatic hydroxyl groups excluding tert-OH is 3. The molecule has 0 amide bonds. The summed E-state index contributed by atoms with van der Waals surface area (Å²) in [7, 11) is 1.56. The summed E-state index contributed by atoms with van der Waals surface area (Å²) in [6.45, 7) is 1.23. The van der Waals surface area contributed by atoms with Gasteiger partial charge in [0.25, 0.3) is 5.56 Å². The summed E-state index contributed by atoms with van der Waals surface area (Å²) in [6, 6.07) is 6.98. The number of fused-ring (bicyclic) bond motifs is 1. The van der Waals surface area contributed by atoms with Gasteiger partial charge < -0.3 is 24.8 Å². The molecule has 0 saturated carbocycles. The maximum absolute atomic E-state index is 13.0.